The third-order valence-electron chi connectivity index (χ3n) is 3.31. The fourth-order valence-electron chi connectivity index (χ4n) is 2.11. The Hall–Kier alpha value is -1.28. The molecule has 1 saturated carbocycles. The first kappa shape index (κ1) is 12.2. The summed E-state index contributed by atoms with van der Waals surface area (Å²) in [5, 5.41) is 9.75. The molecule has 0 aliphatic heterocycles. The van der Waals surface area contributed by atoms with Gasteiger partial charge in [-0.3, -0.25) is 0 Å². The van der Waals surface area contributed by atoms with E-state index in [1.807, 2.05) is 25.1 Å². The lowest BCUT2D eigenvalue weighted by Crippen LogP contribution is -2.25. The maximum atomic E-state index is 9.75. The van der Waals surface area contributed by atoms with E-state index in [0.717, 1.165) is 18.5 Å². The molecular weight excluding hydrogens is 210 g/mol. The van der Waals surface area contributed by atoms with Crippen LogP contribution in [0.3, 0.4) is 0 Å². The normalized spacial score (nSPS) is 16.6. The number of rotatable bonds is 6. The Labute approximate surface area is 104 Å². The first-order chi connectivity index (χ1) is 8.26. The van der Waals surface area contributed by atoms with Crippen LogP contribution in [0.25, 0.3) is 0 Å². The van der Waals surface area contributed by atoms with Gasteiger partial charge in [0.1, 0.15) is 0 Å². The zero-order chi connectivity index (χ0) is 12.3. The van der Waals surface area contributed by atoms with Crippen LogP contribution in [0.1, 0.15) is 37.9 Å². The van der Waals surface area contributed by atoms with Crippen LogP contribution >= 0.6 is 0 Å². The molecule has 0 heterocycles. The van der Waals surface area contributed by atoms with Crippen molar-refractivity contribution in [2.45, 2.75) is 38.3 Å². The molecule has 0 amide bonds. The molecule has 1 aromatic rings. The lowest BCUT2D eigenvalue weighted by atomic mass is 10.1. The van der Waals surface area contributed by atoms with E-state index in [-0.39, 0.29) is 6.10 Å². The summed E-state index contributed by atoms with van der Waals surface area (Å²) in [7, 11) is 0. The summed E-state index contributed by atoms with van der Waals surface area (Å²) in [6.45, 7) is 6.71. The predicted molar refractivity (Wildman–Crippen MR) is 72.3 cm³/mol. The molecule has 2 heteroatoms. The summed E-state index contributed by atoms with van der Waals surface area (Å²) in [5.74, 6) is 0. The molecule has 0 unspecified atom stereocenters. The standard InChI is InChI=1S/C15H21NO/c1-3-11-16(14-9-10-14)13-7-5-12(6-8-13)15(17)4-2/h3,5-8,14-15,17H,1,4,9-11H2,2H3/t15-/m0/s1. The van der Waals surface area contributed by atoms with Gasteiger partial charge in [0.2, 0.25) is 0 Å². The highest BCUT2D eigenvalue weighted by molar-refractivity contribution is 5.50. The monoisotopic (exact) mass is 231 g/mol. The van der Waals surface area contributed by atoms with Gasteiger partial charge in [0.25, 0.3) is 0 Å². The predicted octanol–water partition coefficient (Wildman–Crippen LogP) is 3.28. The average Bonchev–Trinajstić information content (AvgIpc) is 3.19. The fraction of sp³-hybridized carbons (Fsp3) is 0.467. The van der Waals surface area contributed by atoms with Gasteiger partial charge in [0.15, 0.2) is 0 Å². The number of nitrogens with zero attached hydrogens (tertiary/aromatic N) is 1. The number of anilines is 1. The molecule has 0 saturated heterocycles. The molecule has 1 aromatic carbocycles. The molecule has 1 aliphatic rings. The van der Waals surface area contributed by atoms with Crippen molar-refractivity contribution in [3.05, 3.63) is 42.5 Å². The Kier molecular flexibility index (Phi) is 3.85. The molecule has 0 spiro atoms. The first-order valence-electron chi connectivity index (χ1n) is 6.41. The topological polar surface area (TPSA) is 23.5 Å². The molecule has 2 nitrogen and oxygen atoms in total. The van der Waals surface area contributed by atoms with Crippen molar-refractivity contribution in [2.75, 3.05) is 11.4 Å². The summed E-state index contributed by atoms with van der Waals surface area (Å²) in [6.07, 6.45) is 4.95. The molecule has 0 aromatic heterocycles. The molecule has 0 radical (unpaired) electrons. The van der Waals surface area contributed by atoms with E-state index in [0.29, 0.717) is 6.04 Å². The Balaban J connectivity index is 2.12. The molecule has 17 heavy (non-hydrogen) atoms. The highest BCUT2D eigenvalue weighted by atomic mass is 16.3. The highest BCUT2D eigenvalue weighted by Crippen LogP contribution is 2.32. The van der Waals surface area contributed by atoms with Gasteiger partial charge >= 0.3 is 0 Å². The third kappa shape index (κ3) is 2.89. The minimum Gasteiger partial charge on any atom is -0.388 e. The van der Waals surface area contributed by atoms with Crippen LogP contribution in [0.4, 0.5) is 5.69 Å². The van der Waals surface area contributed by atoms with Gasteiger partial charge in [-0.05, 0) is 37.0 Å². The molecule has 1 fully saturated rings. The summed E-state index contributed by atoms with van der Waals surface area (Å²) < 4.78 is 0. The van der Waals surface area contributed by atoms with Gasteiger partial charge in [0.05, 0.1) is 6.10 Å². The number of hydrogen-bond acceptors (Lipinski definition) is 2. The molecule has 92 valence electrons. The molecule has 0 bridgehead atoms. The summed E-state index contributed by atoms with van der Waals surface area (Å²) >= 11 is 0. The van der Waals surface area contributed by atoms with E-state index in [1.54, 1.807) is 0 Å². The van der Waals surface area contributed by atoms with Crippen LogP contribution in [0.2, 0.25) is 0 Å². The van der Waals surface area contributed by atoms with Crippen molar-refractivity contribution in [1.29, 1.82) is 0 Å². The van der Waals surface area contributed by atoms with Crippen LogP contribution in [-0.4, -0.2) is 17.7 Å². The second kappa shape index (κ2) is 5.37. The number of benzene rings is 1. The van der Waals surface area contributed by atoms with Crippen molar-refractivity contribution in [1.82, 2.24) is 0 Å². The largest absolute Gasteiger partial charge is 0.388 e. The lowest BCUT2D eigenvalue weighted by molar-refractivity contribution is 0.173. The van der Waals surface area contributed by atoms with Crippen LogP contribution < -0.4 is 4.90 Å². The van der Waals surface area contributed by atoms with Crippen LogP contribution in [-0.2, 0) is 0 Å². The molecule has 1 N–H and O–H groups in total. The van der Waals surface area contributed by atoms with Crippen molar-refractivity contribution in [3.8, 4) is 0 Å². The smallest absolute Gasteiger partial charge is 0.0787 e. The van der Waals surface area contributed by atoms with E-state index in [2.05, 4.69) is 23.6 Å². The average molecular weight is 231 g/mol. The summed E-state index contributed by atoms with van der Waals surface area (Å²) in [6, 6.07) is 8.96. The summed E-state index contributed by atoms with van der Waals surface area (Å²) in [4.78, 5) is 2.38. The minimum atomic E-state index is -0.335. The second-order valence-electron chi connectivity index (χ2n) is 4.69. The maximum absolute atomic E-state index is 9.75. The Morgan fingerprint density at radius 2 is 2.06 bits per heavy atom. The maximum Gasteiger partial charge on any atom is 0.0787 e. The van der Waals surface area contributed by atoms with E-state index in [4.69, 9.17) is 0 Å². The van der Waals surface area contributed by atoms with Gasteiger partial charge in [0, 0.05) is 18.3 Å². The summed E-state index contributed by atoms with van der Waals surface area (Å²) in [5.41, 5.74) is 2.24. The Morgan fingerprint density at radius 3 is 2.53 bits per heavy atom. The lowest BCUT2D eigenvalue weighted by Gasteiger charge is -2.23. The first-order valence-corrected chi connectivity index (χ1v) is 6.41. The minimum absolute atomic E-state index is 0.335. The van der Waals surface area contributed by atoms with Gasteiger partial charge < -0.3 is 10.0 Å². The van der Waals surface area contributed by atoms with Crippen molar-refractivity contribution >= 4 is 5.69 Å². The zero-order valence-corrected chi connectivity index (χ0v) is 10.5. The number of hydrogen-bond donors (Lipinski definition) is 1. The molecule has 1 atom stereocenters. The van der Waals surface area contributed by atoms with Crippen molar-refractivity contribution < 1.29 is 5.11 Å². The van der Waals surface area contributed by atoms with E-state index in [9.17, 15) is 5.11 Å². The zero-order valence-electron chi connectivity index (χ0n) is 10.5. The Bertz CT molecular complexity index is 367. The van der Waals surface area contributed by atoms with Crippen LogP contribution in [0.5, 0.6) is 0 Å². The van der Waals surface area contributed by atoms with E-state index >= 15 is 0 Å². The SMILES string of the molecule is C=CCN(c1ccc([C@@H](O)CC)cc1)C1CC1. The van der Waals surface area contributed by atoms with Gasteiger partial charge in [-0.25, -0.2) is 0 Å². The number of aliphatic hydroxyl groups is 1. The molecule has 1 aliphatic carbocycles. The van der Waals surface area contributed by atoms with Gasteiger partial charge in [-0.15, -0.1) is 6.58 Å². The highest BCUT2D eigenvalue weighted by Gasteiger charge is 2.28. The Morgan fingerprint density at radius 1 is 1.41 bits per heavy atom. The quantitative estimate of drug-likeness (QED) is 0.759. The second-order valence-corrected chi connectivity index (χ2v) is 4.69. The van der Waals surface area contributed by atoms with E-state index < -0.39 is 0 Å². The fourth-order valence-corrected chi connectivity index (χ4v) is 2.11. The van der Waals surface area contributed by atoms with Crippen LogP contribution in [0.15, 0.2) is 36.9 Å². The van der Waals surface area contributed by atoms with Gasteiger partial charge in [-0.1, -0.05) is 25.1 Å². The number of aliphatic hydroxyl groups excluding tert-OH is 1. The van der Waals surface area contributed by atoms with Crippen molar-refractivity contribution in [3.63, 3.8) is 0 Å². The van der Waals surface area contributed by atoms with Crippen LogP contribution in [0, 0.1) is 0 Å². The molecule has 2 rings (SSSR count). The van der Waals surface area contributed by atoms with Gasteiger partial charge in [-0.2, -0.15) is 0 Å². The van der Waals surface area contributed by atoms with E-state index in [1.165, 1.54) is 18.5 Å². The third-order valence-corrected chi connectivity index (χ3v) is 3.31. The van der Waals surface area contributed by atoms with Crippen molar-refractivity contribution in [2.24, 2.45) is 0 Å². The molecular formula is C15H21NO.